The van der Waals surface area contributed by atoms with Crippen LogP contribution in [-0.2, 0) is 10.0 Å². The lowest BCUT2D eigenvalue weighted by molar-refractivity contribution is 0.296. The number of sulfonamides is 1. The van der Waals surface area contributed by atoms with Gasteiger partial charge in [-0.2, -0.15) is 4.31 Å². The lowest BCUT2D eigenvalue weighted by atomic mass is 10.2. The molecule has 1 unspecified atom stereocenters. The molecule has 128 valence electrons. The Balaban J connectivity index is 1.68. The van der Waals surface area contributed by atoms with Crippen molar-refractivity contribution in [1.82, 2.24) is 9.29 Å². The zero-order valence-electron chi connectivity index (χ0n) is 13.3. The Labute approximate surface area is 141 Å². The van der Waals surface area contributed by atoms with Crippen LogP contribution in [0.2, 0.25) is 0 Å². The summed E-state index contributed by atoms with van der Waals surface area (Å²) in [6.45, 7) is 1.64. The smallest absolute Gasteiger partial charge is 0.243 e. The molecule has 0 radical (unpaired) electrons. The van der Waals surface area contributed by atoms with Crippen molar-refractivity contribution >= 4 is 10.0 Å². The van der Waals surface area contributed by atoms with Gasteiger partial charge in [-0.1, -0.05) is 0 Å². The molecule has 4 rings (SSSR count). The second-order valence-electron chi connectivity index (χ2n) is 6.06. The summed E-state index contributed by atoms with van der Waals surface area (Å²) in [5.74, 6) is 1.11. The fourth-order valence-corrected chi connectivity index (χ4v) is 5.02. The minimum atomic E-state index is -3.58. The SMILES string of the molecule is O=S(=O)(c1ccc2c(c1)OCCCO2)N1CCCC1c1ccc[nH]1. The van der Waals surface area contributed by atoms with E-state index in [9.17, 15) is 8.42 Å². The van der Waals surface area contributed by atoms with Crippen molar-refractivity contribution in [2.24, 2.45) is 0 Å². The predicted octanol–water partition coefficient (Wildman–Crippen LogP) is 2.70. The minimum absolute atomic E-state index is 0.138. The Morgan fingerprint density at radius 1 is 1.08 bits per heavy atom. The highest BCUT2D eigenvalue weighted by Crippen LogP contribution is 2.38. The van der Waals surface area contributed by atoms with Gasteiger partial charge in [-0.3, -0.25) is 0 Å². The van der Waals surface area contributed by atoms with Gasteiger partial charge in [0, 0.05) is 30.9 Å². The van der Waals surface area contributed by atoms with E-state index >= 15 is 0 Å². The van der Waals surface area contributed by atoms with Crippen molar-refractivity contribution in [1.29, 1.82) is 0 Å². The molecule has 0 bridgehead atoms. The summed E-state index contributed by atoms with van der Waals surface area (Å²) in [6.07, 6.45) is 4.29. The average Bonchev–Trinajstić information content (AvgIpc) is 3.21. The summed E-state index contributed by atoms with van der Waals surface area (Å²) in [5, 5.41) is 0. The summed E-state index contributed by atoms with van der Waals surface area (Å²) in [6, 6.07) is 8.57. The summed E-state index contributed by atoms with van der Waals surface area (Å²) in [7, 11) is -3.58. The lowest BCUT2D eigenvalue weighted by Gasteiger charge is -2.23. The Morgan fingerprint density at radius 2 is 1.92 bits per heavy atom. The van der Waals surface area contributed by atoms with Gasteiger partial charge in [0.2, 0.25) is 10.0 Å². The highest BCUT2D eigenvalue weighted by atomic mass is 32.2. The maximum absolute atomic E-state index is 13.1. The molecule has 7 heteroatoms. The van der Waals surface area contributed by atoms with E-state index in [-0.39, 0.29) is 10.9 Å². The fraction of sp³-hybridized carbons (Fsp3) is 0.412. The number of fused-ring (bicyclic) bond motifs is 1. The first-order valence-corrected chi connectivity index (χ1v) is 9.65. The monoisotopic (exact) mass is 348 g/mol. The molecule has 6 nitrogen and oxygen atoms in total. The van der Waals surface area contributed by atoms with Gasteiger partial charge in [0.25, 0.3) is 0 Å². The number of hydrogen-bond acceptors (Lipinski definition) is 4. The second-order valence-corrected chi connectivity index (χ2v) is 7.95. The molecule has 2 aliphatic heterocycles. The molecule has 1 N–H and O–H groups in total. The van der Waals surface area contributed by atoms with E-state index in [1.54, 1.807) is 22.5 Å². The largest absolute Gasteiger partial charge is 0.490 e. The molecular formula is C17H20N2O4S. The van der Waals surface area contributed by atoms with Gasteiger partial charge in [-0.25, -0.2) is 8.42 Å². The number of benzene rings is 1. The summed E-state index contributed by atoms with van der Waals surface area (Å²) in [5.41, 5.74) is 0.936. The highest BCUT2D eigenvalue weighted by Gasteiger charge is 2.37. The molecule has 2 aromatic rings. The minimum Gasteiger partial charge on any atom is -0.490 e. The van der Waals surface area contributed by atoms with Crippen molar-refractivity contribution in [2.75, 3.05) is 19.8 Å². The molecule has 0 saturated carbocycles. The lowest BCUT2D eigenvalue weighted by Crippen LogP contribution is -2.30. The number of ether oxygens (including phenoxy) is 2. The molecule has 1 fully saturated rings. The Hall–Kier alpha value is -1.99. The van der Waals surface area contributed by atoms with Gasteiger partial charge in [0.05, 0.1) is 24.2 Å². The van der Waals surface area contributed by atoms with Gasteiger partial charge < -0.3 is 14.5 Å². The van der Waals surface area contributed by atoms with Crippen LogP contribution in [0.3, 0.4) is 0 Å². The van der Waals surface area contributed by atoms with Crippen LogP contribution in [0.25, 0.3) is 0 Å². The number of H-pyrrole nitrogens is 1. The molecule has 3 heterocycles. The molecular weight excluding hydrogens is 328 g/mol. The van der Waals surface area contributed by atoms with Gasteiger partial charge in [-0.15, -0.1) is 0 Å². The normalized spacial score (nSPS) is 21.6. The third kappa shape index (κ3) is 2.67. The molecule has 0 spiro atoms. The van der Waals surface area contributed by atoms with Gasteiger partial charge in [0.15, 0.2) is 11.5 Å². The van der Waals surface area contributed by atoms with Gasteiger partial charge in [-0.05, 0) is 37.1 Å². The molecule has 0 aliphatic carbocycles. The van der Waals surface area contributed by atoms with E-state index < -0.39 is 10.0 Å². The van der Waals surface area contributed by atoms with Crippen LogP contribution >= 0.6 is 0 Å². The van der Waals surface area contributed by atoms with Crippen molar-refractivity contribution in [3.63, 3.8) is 0 Å². The molecule has 1 aromatic heterocycles. The van der Waals surface area contributed by atoms with E-state index in [4.69, 9.17) is 9.47 Å². The summed E-state index contributed by atoms with van der Waals surface area (Å²) in [4.78, 5) is 3.39. The first-order chi connectivity index (χ1) is 11.7. The maximum Gasteiger partial charge on any atom is 0.243 e. The number of nitrogens with zero attached hydrogens (tertiary/aromatic N) is 1. The number of nitrogens with one attached hydrogen (secondary N) is 1. The van der Waals surface area contributed by atoms with Crippen molar-refractivity contribution < 1.29 is 17.9 Å². The standard InChI is InChI=1S/C17H20N2O4S/c20-24(21,19-9-2-5-15(19)14-4-1-8-18-14)13-6-7-16-17(12-13)23-11-3-10-22-16/h1,4,6-8,12,15,18H,2-3,5,9-11H2. The third-order valence-corrected chi connectivity index (χ3v) is 6.41. The van der Waals surface area contributed by atoms with E-state index in [1.165, 1.54) is 0 Å². The first kappa shape index (κ1) is 15.5. The zero-order valence-corrected chi connectivity index (χ0v) is 14.1. The van der Waals surface area contributed by atoms with Crippen LogP contribution in [0.4, 0.5) is 0 Å². The van der Waals surface area contributed by atoms with Crippen LogP contribution in [0.5, 0.6) is 11.5 Å². The van der Waals surface area contributed by atoms with Gasteiger partial charge in [0.1, 0.15) is 0 Å². The predicted molar refractivity (Wildman–Crippen MR) is 88.7 cm³/mol. The molecule has 1 aromatic carbocycles. The quantitative estimate of drug-likeness (QED) is 0.926. The van der Waals surface area contributed by atoms with E-state index in [1.807, 2.05) is 18.3 Å². The molecule has 1 atom stereocenters. The third-order valence-electron chi connectivity index (χ3n) is 4.51. The van der Waals surface area contributed by atoms with Crippen molar-refractivity contribution in [3.05, 3.63) is 42.2 Å². The number of aromatic nitrogens is 1. The number of aromatic amines is 1. The van der Waals surface area contributed by atoms with Crippen LogP contribution < -0.4 is 9.47 Å². The van der Waals surface area contributed by atoms with E-state index in [0.717, 1.165) is 25.0 Å². The average molecular weight is 348 g/mol. The Kier molecular flexibility index (Phi) is 3.97. The Bertz CT molecular complexity index is 817. The highest BCUT2D eigenvalue weighted by molar-refractivity contribution is 7.89. The topological polar surface area (TPSA) is 71.6 Å². The van der Waals surface area contributed by atoms with Crippen LogP contribution in [0.15, 0.2) is 41.4 Å². The summed E-state index contributed by atoms with van der Waals surface area (Å²) < 4.78 is 39.1. The summed E-state index contributed by atoms with van der Waals surface area (Å²) >= 11 is 0. The Morgan fingerprint density at radius 3 is 2.71 bits per heavy atom. The first-order valence-electron chi connectivity index (χ1n) is 8.21. The second kappa shape index (κ2) is 6.14. The molecule has 1 saturated heterocycles. The maximum atomic E-state index is 13.1. The molecule has 2 aliphatic rings. The molecule has 0 amide bonds. The fourth-order valence-electron chi connectivity index (χ4n) is 3.33. The van der Waals surface area contributed by atoms with Crippen LogP contribution in [-0.4, -0.2) is 37.5 Å². The van der Waals surface area contributed by atoms with Crippen molar-refractivity contribution in [2.45, 2.75) is 30.2 Å². The number of rotatable bonds is 3. The van der Waals surface area contributed by atoms with E-state index in [2.05, 4.69) is 4.98 Å². The van der Waals surface area contributed by atoms with Crippen molar-refractivity contribution in [3.8, 4) is 11.5 Å². The van der Waals surface area contributed by atoms with Crippen LogP contribution in [0, 0.1) is 0 Å². The zero-order chi connectivity index (χ0) is 16.6. The van der Waals surface area contributed by atoms with Crippen LogP contribution in [0.1, 0.15) is 31.0 Å². The van der Waals surface area contributed by atoms with Gasteiger partial charge >= 0.3 is 0 Å². The molecule has 24 heavy (non-hydrogen) atoms. The van der Waals surface area contributed by atoms with E-state index in [0.29, 0.717) is 31.3 Å². The number of hydrogen-bond donors (Lipinski definition) is 1.